The number of nitro groups is 1. The normalized spacial score (nSPS) is 25.9. The van der Waals surface area contributed by atoms with E-state index in [-0.39, 0.29) is 10.7 Å². The van der Waals surface area contributed by atoms with Gasteiger partial charge in [-0.05, 0) is 11.1 Å². The summed E-state index contributed by atoms with van der Waals surface area (Å²) in [6.45, 7) is 5.56. The van der Waals surface area contributed by atoms with Gasteiger partial charge in [0.05, 0.1) is 12.1 Å². The van der Waals surface area contributed by atoms with Crippen LogP contribution in [0.4, 0.5) is 0 Å². The first-order valence-corrected chi connectivity index (χ1v) is 9.44. The minimum absolute atomic E-state index is 0.0350. The fraction of sp³-hybridized carbons (Fsp3) is 0.364. The first-order valence-electron chi connectivity index (χ1n) is 9.44. The molecule has 0 spiro atoms. The van der Waals surface area contributed by atoms with Crippen LogP contribution in [-0.4, -0.2) is 34.0 Å². The second kappa shape index (κ2) is 6.55. The molecule has 0 aliphatic carbocycles. The number of nitrogens with zero attached hydrogens (tertiary/aromatic N) is 3. The molecule has 6 heteroatoms. The van der Waals surface area contributed by atoms with E-state index in [1.54, 1.807) is 11.2 Å². The van der Waals surface area contributed by atoms with Crippen LogP contribution >= 0.6 is 0 Å². The molecule has 0 radical (unpaired) electrons. The smallest absolute Gasteiger partial charge is 0.248 e. The van der Waals surface area contributed by atoms with Crippen molar-refractivity contribution in [2.24, 2.45) is 10.5 Å². The van der Waals surface area contributed by atoms with Gasteiger partial charge in [-0.1, -0.05) is 75.4 Å². The number of carbonyl (C=O) groups is 1. The van der Waals surface area contributed by atoms with E-state index in [9.17, 15) is 14.9 Å². The summed E-state index contributed by atoms with van der Waals surface area (Å²) < 4.78 is 0. The van der Waals surface area contributed by atoms with Crippen LogP contribution in [0.25, 0.3) is 0 Å². The Balaban J connectivity index is 1.94. The van der Waals surface area contributed by atoms with Crippen LogP contribution in [0.3, 0.4) is 0 Å². The van der Waals surface area contributed by atoms with Gasteiger partial charge < -0.3 is 0 Å². The SMILES string of the molecule is CC(C)(C)C(=O)[C@@H]1[C@@H](c2ccccc2)[C@@H]([N+](=O)[O-])[C@H]2c3ccccc3C=NN12. The highest BCUT2D eigenvalue weighted by Crippen LogP contribution is 2.50. The Labute approximate surface area is 164 Å². The number of hydrogen-bond donors (Lipinski definition) is 0. The molecular weight excluding hydrogens is 354 g/mol. The fourth-order valence-corrected chi connectivity index (χ4v) is 4.40. The minimum Gasteiger partial charge on any atom is -0.297 e. The Morgan fingerprint density at radius 3 is 2.36 bits per heavy atom. The lowest BCUT2D eigenvalue weighted by atomic mass is 9.78. The Morgan fingerprint density at radius 1 is 1.07 bits per heavy atom. The fourth-order valence-electron chi connectivity index (χ4n) is 4.40. The van der Waals surface area contributed by atoms with Gasteiger partial charge in [0.1, 0.15) is 12.1 Å². The van der Waals surface area contributed by atoms with E-state index in [2.05, 4.69) is 5.10 Å². The minimum atomic E-state index is -0.961. The van der Waals surface area contributed by atoms with Crippen molar-refractivity contribution in [3.8, 4) is 0 Å². The summed E-state index contributed by atoms with van der Waals surface area (Å²) in [6.07, 6.45) is 1.71. The molecule has 6 nitrogen and oxygen atoms in total. The summed E-state index contributed by atoms with van der Waals surface area (Å²) >= 11 is 0. The molecular formula is C22H23N3O3. The van der Waals surface area contributed by atoms with Crippen molar-refractivity contribution >= 4 is 12.0 Å². The molecule has 0 N–H and O–H groups in total. The van der Waals surface area contributed by atoms with E-state index in [0.29, 0.717) is 0 Å². The summed E-state index contributed by atoms with van der Waals surface area (Å²) in [6, 6.07) is 14.7. The zero-order chi connectivity index (χ0) is 20.1. The number of Topliss-reactive ketones (excluding diaryl/α,β-unsaturated/α-hetero) is 1. The van der Waals surface area contributed by atoms with Crippen molar-refractivity contribution in [2.45, 2.75) is 44.8 Å². The molecule has 0 amide bonds. The largest absolute Gasteiger partial charge is 0.297 e. The molecule has 0 saturated carbocycles. The van der Waals surface area contributed by atoms with Gasteiger partial charge in [-0.2, -0.15) is 5.10 Å². The van der Waals surface area contributed by atoms with E-state index >= 15 is 0 Å². The third-order valence-corrected chi connectivity index (χ3v) is 5.68. The summed E-state index contributed by atoms with van der Waals surface area (Å²) in [5, 5.41) is 18.5. The van der Waals surface area contributed by atoms with Gasteiger partial charge in [0.25, 0.3) is 0 Å². The third kappa shape index (κ3) is 2.80. The molecule has 144 valence electrons. The third-order valence-electron chi connectivity index (χ3n) is 5.68. The highest BCUT2D eigenvalue weighted by atomic mass is 16.6. The van der Waals surface area contributed by atoms with Crippen LogP contribution in [0.1, 0.15) is 49.4 Å². The summed E-state index contributed by atoms with van der Waals surface area (Å²) in [5.41, 5.74) is 1.88. The number of hydrazone groups is 1. The maximum Gasteiger partial charge on any atom is 0.248 e. The van der Waals surface area contributed by atoms with E-state index in [1.165, 1.54) is 0 Å². The Morgan fingerprint density at radius 2 is 1.71 bits per heavy atom. The molecule has 2 aliphatic rings. The van der Waals surface area contributed by atoms with Crippen molar-refractivity contribution in [3.05, 3.63) is 81.4 Å². The van der Waals surface area contributed by atoms with Gasteiger partial charge in [-0.3, -0.25) is 19.9 Å². The van der Waals surface area contributed by atoms with Crippen molar-refractivity contribution in [1.29, 1.82) is 0 Å². The molecule has 4 atom stereocenters. The van der Waals surface area contributed by atoms with Gasteiger partial charge >= 0.3 is 0 Å². The Bertz CT molecular complexity index is 949. The molecule has 2 aromatic carbocycles. The van der Waals surface area contributed by atoms with Crippen LogP contribution in [0.5, 0.6) is 0 Å². The van der Waals surface area contributed by atoms with Gasteiger partial charge in [0.15, 0.2) is 5.78 Å². The standard InChI is InChI=1S/C22H23N3O3/c1-22(2,3)21(26)20-17(14-9-5-4-6-10-14)19(25(27)28)18-16-12-8-7-11-15(16)13-23-24(18)20/h4-13,17-20H,1-3H3/t17-,18+,19+,20-/m0/s1. The van der Waals surface area contributed by atoms with Crippen molar-refractivity contribution in [2.75, 3.05) is 0 Å². The van der Waals surface area contributed by atoms with Crippen LogP contribution in [-0.2, 0) is 4.79 Å². The van der Waals surface area contributed by atoms with E-state index in [4.69, 9.17) is 0 Å². The molecule has 0 unspecified atom stereocenters. The first kappa shape index (κ1) is 18.3. The zero-order valence-corrected chi connectivity index (χ0v) is 16.1. The summed E-state index contributed by atoms with van der Waals surface area (Å²) in [4.78, 5) is 25.5. The monoisotopic (exact) mass is 377 g/mol. The van der Waals surface area contributed by atoms with Gasteiger partial charge in [-0.15, -0.1) is 0 Å². The topological polar surface area (TPSA) is 75.8 Å². The molecule has 0 bridgehead atoms. The second-order valence-electron chi connectivity index (χ2n) is 8.47. The Hall–Kier alpha value is -3.02. The first-order chi connectivity index (χ1) is 13.3. The van der Waals surface area contributed by atoms with Gasteiger partial charge in [-0.25, -0.2) is 0 Å². The molecule has 4 rings (SSSR count). The molecule has 28 heavy (non-hydrogen) atoms. The van der Waals surface area contributed by atoms with Crippen LogP contribution in [0, 0.1) is 15.5 Å². The number of carbonyl (C=O) groups excluding carboxylic acids is 1. The van der Waals surface area contributed by atoms with Crippen molar-refractivity contribution in [1.82, 2.24) is 5.01 Å². The van der Waals surface area contributed by atoms with E-state index in [0.717, 1.165) is 16.7 Å². The lowest BCUT2D eigenvalue weighted by Gasteiger charge is -2.33. The van der Waals surface area contributed by atoms with Crippen LogP contribution in [0.15, 0.2) is 59.7 Å². The molecule has 2 aliphatic heterocycles. The van der Waals surface area contributed by atoms with Crippen molar-refractivity contribution in [3.63, 3.8) is 0 Å². The van der Waals surface area contributed by atoms with E-state index in [1.807, 2.05) is 75.4 Å². The highest BCUT2D eigenvalue weighted by Gasteiger charge is 2.61. The lowest BCUT2D eigenvalue weighted by Crippen LogP contribution is -2.43. The number of hydrogen-bond acceptors (Lipinski definition) is 5. The number of fused-ring (bicyclic) bond motifs is 3. The molecule has 0 aromatic heterocycles. The molecule has 1 fully saturated rings. The quantitative estimate of drug-likeness (QED) is 0.602. The van der Waals surface area contributed by atoms with Crippen LogP contribution < -0.4 is 0 Å². The number of ketones is 1. The maximum absolute atomic E-state index is 13.4. The summed E-state index contributed by atoms with van der Waals surface area (Å²) in [7, 11) is 0. The molecule has 1 saturated heterocycles. The zero-order valence-electron chi connectivity index (χ0n) is 16.1. The Kier molecular flexibility index (Phi) is 4.29. The highest BCUT2D eigenvalue weighted by molar-refractivity contribution is 5.91. The van der Waals surface area contributed by atoms with Crippen LogP contribution in [0.2, 0.25) is 0 Å². The predicted octanol–water partition coefficient (Wildman–Crippen LogP) is 3.80. The van der Waals surface area contributed by atoms with E-state index < -0.39 is 29.5 Å². The van der Waals surface area contributed by atoms with Gasteiger partial charge in [0, 0.05) is 15.9 Å². The number of benzene rings is 2. The number of rotatable bonds is 3. The second-order valence-corrected chi connectivity index (χ2v) is 8.47. The average molecular weight is 377 g/mol. The molecule has 2 aromatic rings. The summed E-state index contributed by atoms with van der Waals surface area (Å²) in [5.74, 6) is -0.608. The maximum atomic E-state index is 13.4. The lowest BCUT2D eigenvalue weighted by molar-refractivity contribution is -0.529. The predicted molar refractivity (Wildman–Crippen MR) is 107 cm³/mol. The molecule has 2 heterocycles. The van der Waals surface area contributed by atoms with Gasteiger partial charge in [0.2, 0.25) is 6.04 Å². The van der Waals surface area contributed by atoms with Crippen molar-refractivity contribution < 1.29 is 9.72 Å². The average Bonchev–Trinajstić information content (AvgIpc) is 3.03.